The molecule has 20 heavy (non-hydrogen) atoms. The maximum atomic E-state index is 12.3. The average Bonchev–Trinajstić information content (AvgIpc) is 2.41. The Balaban J connectivity index is 2.24. The summed E-state index contributed by atoms with van der Waals surface area (Å²) in [5.74, 6) is 5.24. The lowest BCUT2D eigenvalue weighted by molar-refractivity contribution is 0.102. The standard InChI is InChI=1S/C16H19N3O/c1-10-4-7-15(12(3)8-10)18-16(20)14-6-5-13(19-17)9-11(14)2/h4-9,19H,17H2,1-3H3,(H,18,20). The quantitative estimate of drug-likeness (QED) is 0.592. The Labute approximate surface area is 119 Å². The van der Waals surface area contributed by atoms with E-state index in [0.717, 1.165) is 22.5 Å². The minimum atomic E-state index is -0.113. The van der Waals surface area contributed by atoms with Gasteiger partial charge < -0.3 is 10.7 Å². The van der Waals surface area contributed by atoms with Crippen LogP contribution in [0.25, 0.3) is 0 Å². The summed E-state index contributed by atoms with van der Waals surface area (Å²) in [4.78, 5) is 12.3. The molecule has 4 N–H and O–H groups in total. The number of carbonyl (C=O) groups excluding carboxylic acids is 1. The zero-order chi connectivity index (χ0) is 14.7. The van der Waals surface area contributed by atoms with Crippen LogP contribution in [-0.4, -0.2) is 5.91 Å². The minimum absolute atomic E-state index is 0.113. The number of hydrogen-bond donors (Lipinski definition) is 3. The molecular weight excluding hydrogens is 250 g/mol. The van der Waals surface area contributed by atoms with Crippen LogP contribution in [0.5, 0.6) is 0 Å². The second-order valence-corrected chi connectivity index (χ2v) is 4.95. The van der Waals surface area contributed by atoms with Gasteiger partial charge in [0.1, 0.15) is 0 Å². The van der Waals surface area contributed by atoms with Gasteiger partial charge in [0.2, 0.25) is 0 Å². The SMILES string of the molecule is Cc1ccc(NC(=O)c2ccc(NN)cc2C)c(C)c1. The van der Waals surface area contributed by atoms with Gasteiger partial charge in [-0.15, -0.1) is 0 Å². The number of anilines is 2. The zero-order valence-corrected chi connectivity index (χ0v) is 11.9. The van der Waals surface area contributed by atoms with E-state index in [1.54, 1.807) is 12.1 Å². The normalized spacial score (nSPS) is 10.2. The van der Waals surface area contributed by atoms with E-state index in [1.165, 1.54) is 5.56 Å². The summed E-state index contributed by atoms with van der Waals surface area (Å²) >= 11 is 0. The summed E-state index contributed by atoms with van der Waals surface area (Å²) in [5, 5.41) is 2.94. The van der Waals surface area contributed by atoms with Gasteiger partial charge in [0.15, 0.2) is 0 Å². The van der Waals surface area contributed by atoms with Gasteiger partial charge in [-0.05, 0) is 56.2 Å². The fourth-order valence-electron chi connectivity index (χ4n) is 2.15. The van der Waals surface area contributed by atoms with Gasteiger partial charge in [0.25, 0.3) is 5.91 Å². The molecule has 0 heterocycles. The summed E-state index contributed by atoms with van der Waals surface area (Å²) in [6.07, 6.45) is 0. The molecule has 0 spiro atoms. The molecule has 2 aromatic rings. The van der Waals surface area contributed by atoms with Gasteiger partial charge in [0, 0.05) is 16.9 Å². The molecular formula is C16H19N3O. The number of hydrogen-bond acceptors (Lipinski definition) is 3. The minimum Gasteiger partial charge on any atom is -0.324 e. The average molecular weight is 269 g/mol. The second kappa shape index (κ2) is 5.75. The molecule has 0 aliphatic carbocycles. The third-order valence-corrected chi connectivity index (χ3v) is 3.27. The van der Waals surface area contributed by atoms with Crippen LogP contribution in [0.15, 0.2) is 36.4 Å². The number of nitrogens with one attached hydrogen (secondary N) is 2. The van der Waals surface area contributed by atoms with Gasteiger partial charge in [-0.2, -0.15) is 0 Å². The highest BCUT2D eigenvalue weighted by molar-refractivity contribution is 6.05. The van der Waals surface area contributed by atoms with Crippen LogP contribution in [-0.2, 0) is 0 Å². The molecule has 0 unspecified atom stereocenters. The van der Waals surface area contributed by atoms with Crippen LogP contribution < -0.4 is 16.6 Å². The lowest BCUT2D eigenvalue weighted by Gasteiger charge is -2.11. The molecule has 4 heteroatoms. The lowest BCUT2D eigenvalue weighted by Crippen LogP contribution is -2.15. The van der Waals surface area contributed by atoms with Crippen molar-refractivity contribution in [3.05, 3.63) is 58.7 Å². The molecule has 104 valence electrons. The zero-order valence-electron chi connectivity index (χ0n) is 11.9. The summed E-state index contributed by atoms with van der Waals surface area (Å²) in [6.45, 7) is 5.90. The predicted octanol–water partition coefficient (Wildman–Crippen LogP) is 3.15. The van der Waals surface area contributed by atoms with Gasteiger partial charge in [-0.3, -0.25) is 10.6 Å². The van der Waals surface area contributed by atoms with Crippen molar-refractivity contribution in [2.75, 3.05) is 10.7 Å². The molecule has 0 aliphatic rings. The molecule has 0 aromatic heterocycles. The number of rotatable bonds is 3. The Morgan fingerprint density at radius 2 is 1.75 bits per heavy atom. The fraction of sp³-hybridized carbons (Fsp3) is 0.188. The van der Waals surface area contributed by atoms with E-state index in [2.05, 4.69) is 10.7 Å². The van der Waals surface area contributed by atoms with Gasteiger partial charge >= 0.3 is 0 Å². The number of amides is 1. The molecule has 1 amide bonds. The first-order chi connectivity index (χ1) is 9.51. The van der Waals surface area contributed by atoms with Crippen molar-refractivity contribution in [3.8, 4) is 0 Å². The molecule has 0 fully saturated rings. The molecule has 4 nitrogen and oxygen atoms in total. The number of hydrazine groups is 1. The van der Waals surface area contributed by atoms with Crippen molar-refractivity contribution in [2.24, 2.45) is 5.84 Å². The lowest BCUT2D eigenvalue weighted by atomic mass is 10.1. The maximum Gasteiger partial charge on any atom is 0.255 e. The van der Waals surface area contributed by atoms with Crippen molar-refractivity contribution < 1.29 is 4.79 Å². The Morgan fingerprint density at radius 3 is 2.35 bits per heavy atom. The van der Waals surface area contributed by atoms with Crippen LogP contribution in [0.1, 0.15) is 27.0 Å². The highest BCUT2D eigenvalue weighted by Gasteiger charge is 2.10. The molecule has 2 rings (SSSR count). The number of carbonyl (C=O) groups is 1. The van der Waals surface area contributed by atoms with Gasteiger partial charge in [0.05, 0.1) is 0 Å². The maximum absolute atomic E-state index is 12.3. The second-order valence-electron chi connectivity index (χ2n) is 4.95. The molecule has 0 atom stereocenters. The van der Waals surface area contributed by atoms with Crippen molar-refractivity contribution >= 4 is 17.3 Å². The first-order valence-electron chi connectivity index (χ1n) is 6.47. The van der Waals surface area contributed by atoms with Gasteiger partial charge in [-0.1, -0.05) is 17.7 Å². The van der Waals surface area contributed by atoms with E-state index >= 15 is 0 Å². The Kier molecular flexibility index (Phi) is 4.05. The third kappa shape index (κ3) is 2.97. The van der Waals surface area contributed by atoms with E-state index in [1.807, 2.05) is 45.0 Å². The summed E-state index contributed by atoms with van der Waals surface area (Å²) in [6, 6.07) is 11.3. The Bertz CT molecular complexity index is 650. The van der Waals surface area contributed by atoms with Gasteiger partial charge in [-0.25, -0.2) is 0 Å². The highest BCUT2D eigenvalue weighted by atomic mass is 16.1. The smallest absolute Gasteiger partial charge is 0.255 e. The van der Waals surface area contributed by atoms with Crippen LogP contribution in [0.3, 0.4) is 0 Å². The number of nitrogen functional groups attached to an aromatic ring is 1. The molecule has 0 radical (unpaired) electrons. The molecule has 0 bridgehead atoms. The Hall–Kier alpha value is -2.33. The largest absolute Gasteiger partial charge is 0.324 e. The van der Waals surface area contributed by atoms with Crippen molar-refractivity contribution in [1.29, 1.82) is 0 Å². The Morgan fingerprint density at radius 1 is 1.00 bits per heavy atom. The summed E-state index contributed by atoms with van der Waals surface area (Å²) < 4.78 is 0. The van der Waals surface area contributed by atoms with E-state index in [4.69, 9.17) is 5.84 Å². The van der Waals surface area contributed by atoms with E-state index < -0.39 is 0 Å². The first-order valence-corrected chi connectivity index (χ1v) is 6.47. The topological polar surface area (TPSA) is 67.2 Å². The molecule has 0 saturated carbocycles. The predicted molar refractivity (Wildman–Crippen MR) is 82.9 cm³/mol. The summed E-state index contributed by atoms with van der Waals surface area (Å²) in [5.41, 5.74) is 7.93. The van der Waals surface area contributed by atoms with E-state index in [-0.39, 0.29) is 5.91 Å². The van der Waals surface area contributed by atoms with Crippen LogP contribution in [0, 0.1) is 20.8 Å². The third-order valence-electron chi connectivity index (χ3n) is 3.27. The van der Waals surface area contributed by atoms with Crippen LogP contribution in [0.4, 0.5) is 11.4 Å². The van der Waals surface area contributed by atoms with Crippen molar-refractivity contribution in [2.45, 2.75) is 20.8 Å². The molecule has 0 saturated heterocycles. The number of aryl methyl sites for hydroxylation is 3. The number of nitrogens with two attached hydrogens (primary N) is 1. The van der Waals surface area contributed by atoms with E-state index in [9.17, 15) is 4.79 Å². The highest BCUT2D eigenvalue weighted by Crippen LogP contribution is 2.19. The molecule has 0 aliphatic heterocycles. The summed E-state index contributed by atoms with van der Waals surface area (Å²) in [7, 11) is 0. The number of benzene rings is 2. The van der Waals surface area contributed by atoms with Crippen LogP contribution >= 0.6 is 0 Å². The fourth-order valence-corrected chi connectivity index (χ4v) is 2.15. The van der Waals surface area contributed by atoms with Crippen molar-refractivity contribution in [1.82, 2.24) is 0 Å². The molecule has 2 aromatic carbocycles. The van der Waals surface area contributed by atoms with E-state index in [0.29, 0.717) is 5.56 Å². The monoisotopic (exact) mass is 269 g/mol. The van der Waals surface area contributed by atoms with Crippen LogP contribution in [0.2, 0.25) is 0 Å². The first kappa shape index (κ1) is 14.1. The van der Waals surface area contributed by atoms with Crippen molar-refractivity contribution in [3.63, 3.8) is 0 Å².